The lowest BCUT2D eigenvalue weighted by molar-refractivity contribution is 0.135. The van der Waals surface area contributed by atoms with Gasteiger partial charge in [0.1, 0.15) is 11.5 Å². The lowest BCUT2D eigenvalue weighted by Gasteiger charge is -2.27. The zero-order valence-corrected chi connectivity index (χ0v) is 9.47. The van der Waals surface area contributed by atoms with Gasteiger partial charge in [-0.25, -0.2) is 8.78 Å². The molecule has 88 valence electrons. The first-order valence-electron chi connectivity index (χ1n) is 5.75. The number of halogens is 2. The Morgan fingerprint density at radius 2 is 2.19 bits per heavy atom. The molecule has 1 fully saturated rings. The summed E-state index contributed by atoms with van der Waals surface area (Å²) in [6.45, 7) is 2.42. The summed E-state index contributed by atoms with van der Waals surface area (Å²) in [4.78, 5) is 0. The van der Waals surface area contributed by atoms with Crippen LogP contribution in [0, 0.1) is 5.82 Å². The minimum atomic E-state index is -1.38. The highest BCUT2D eigenvalue weighted by Gasteiger charge is 2.36. The summed E-state index contributed by atoms with van der Waals surface area (Å²) >= 11 is 0. The zero-order valence-electron chi connectivity index (χ0n) is 9.47. The SMILES string of the molecule is CC(F)(Cc1ccccc1F)C1CCCN1. The van der Waals surface area contributed by atoms with Crippen molar-refractivity contribution in [3.63, 3.8) is 0 Å². The predicted molar refractivity (Wildman–Crippen MR) is 60.6 cm³/mol. The van der Waals surface area contributed by atoms with E-state index < -0.39 is 5.67 Å². The van der Waals surface area contributed by atoms with Crippen LogP contribution in [0.2, 0.25) is 0 Å². The number of hydrogen-bond acceptors (Lipinski definition) is 1. The molecule has 2 atom stereocenters. The number of alkyl halides is 1. The highest BCUT2D eigenvalue weighted by atomic mass is 19.1. The average molecular weight is 225 g/mol. The summed E-state index contributed by atoms with van der Waals surface area (Å²) in [6.07, 6.45) is 1.97. The molecule has 0 aliphatic carbocycles. The van der Waals surface area contributed by atoms with Crippen LogP contribution in [0.3, 0.4) is 0 Å². The van der Waals surface area contributed by atoms with E-state index >= 15 is 0 Å². The Bertz CT molecular complexity index is 357. The summed E-state index contributed by atoms with van der Waals surface area (Å²) in [5, 5.41) is 3.14. The molecule has 0 spiro atoms. The molecule has 0 bridgehead atoms. The van der Waals surface area contributed by atoms with Gasteiger partial charge in [0.05, 0.1) is 0 Å². The third-order valence-electron chi connectivity index (χ3n) is 3.28. The first-order chi connectivity index (χ1) is 7.59. The van der Waals surface area contributed by atoms with Gasteiger partial charge in [0, 0.05) is 12.5 Å². The van der Waals surface area contributed by atoms with Gasteiger partial charge >= 0.3 is 0 Å². The van der Waals surface area contributed by atoms with E-state index in [1.165, 1.54) is 6.07 Å². The molecule has 0 amide bonds. The minimum absolute atomic E-state index is 0.136. The number of hydrogen-bond donors (Lipinski definition) is 1. The van der Waals surface area contributed by atoms with Crippen LogP contribution < -0.4 is 5.32 Å². The minimum Gasteiger partial charge on any atom is -0.311 e. The molecule has 1 nitrogen and oxygen atoms in total. The molecule has 16 heavy (non-hydrogen) atoms. The Balaban J connectivity index is 2.10. The van der Waals surface area contributed by atoms with Crippen molar-refractivity contribution in [2.45, 2.75) is 37.9 Å². The Morgan fingerprint density at radius 1 is 1.44 bits per heavy atom. The molecule has 3 heteroatoms. The van der Waals surface area contributed by atoms with Crippen LogP contribution in [0.25, 0.3) is 0 Å². The van der Waals surface area contributed by atoms with E-state index in [1.54, 1.807) is 25.1 Å². The van der Waals surface area contributed by atoms with Crippen LogP contribution in [0.1, 0.15) is 25.3 Å². The van der Waals surface area contributed by atoms with E-state index in [4.69, 9.17) is 0 Å². The van der Waals surface area contributed by atoms with Gasteiger partial charge < -0.3 is 5.32 Å². The lowest BCUT2D eigenvalue weighted by atomic mass is 9.89. The molecule has 1 N–H and O–H groups in total. The Labute approximate surface area is 94.9 Å². The van der Waals surface area contributed by atoms with Crippen molar-refractivity contribution >= 4 is 0 Å². The number of benzene rings is 1. The van der Waals surface area contributed by atoms with Gasteiger partial charge in [-0.05, 0) is 37.9 Å². The van der Waals surface area contributed by atoms with E-state index in [0.29, 0.717) is 5.56 Å². The van der Waals surface area contributed by atoms with E-state index in [9.17, 15) is 8.78 Å². The highest BCUT2D eigenvalue weighted by molar-refractivity contribution is 5.20. The van der Waals surface area contributed by atoms with Crippen LogP contribution in [0.5, 0.6) is 0 Å². The van der Waals surface area contributed by atoms with Gasteiger partial charge in [0.25, 0.3) is 0 Å². The normalized spacial score (nSPS) is 24.3. The summed E-state index contributed by atoms with van der Waals surface area (Å²) < 4.78 is 27.9. The maximum absolute atomic E-state index is 14.4. The summed E-state index contributed by atoms with van der Waals surface area (Å²) in [7, 11) is 0. The smallest absolute Gasteiger partial charge is 0.127 e. The molecular formula is C13H17F2N. The van der Waals surface area contributed by atoms with Crippen molar-refractivity contribution in [3.05, 3.63) is 35.6 Å². The molecule has 1 aliphatic rings. The summed E-state index contributed by atoms with van der Waals surface area (Å²) in [5.41, 5.74) is -0.917. The summed E-state index contributed by atoms with van der Waals surface area (Å²) in [6, 6.07) is 6.26. The number of nitrogens with one attached hydrogen (secondary N) is 1. The first-order valence-corrected chi connectivity index (χ1v) is 5.75. The molecule has 1 aliphatic heterocycles. The van der Waals surface area contributed by atoms with E-state index in [1.807, 2.05) is 0 Å². The predicted octanol–water partition coefficient (Wildman–Crippen LogP) is 2.85. The van der Waals surface area contributed by atoms with Gasteiger partial charge in [0.15, 0.2) is 0 Å². The Kier molecular flexibility index (Phi) is 3.24. The molecule has 1 heterocycles. The first kappa shape index (κ1) is 11.5. The summed E-state index contributed by atoms with van der Waals surface area (Å²) in [5.74, 6) is -0.315. The van der Waals surface area contributed by atoms with Gasteiger partial charge in [-0.15, -0.1) is 0 Å². The average Bonchev–Trinajstić information content (AvgIpc) is 2.75. The molecule has 0 saturated carbocycles. The second-order valence-corrected chi connectivity index (χ2v) is 4.70. The van der Waals surface area contributed by atoms with Gasteiger partial charge in [-0.1, -0.05) is 18.2 Å². The molecule has 1 saturated heterocycles. The Morgan fingerprint density at radius 3 is 2.81 bits per heavy atom. The fraction of sp³-hybridized carbons (Fsp3) is 0.538. The van der Waals surface area contributed by atoms with Crippen molar-refractivity contribution in [2.75, 3.05) is 6.54 Å². The molecule has 1 aromatic carbocycles. The molecule has 0 aromatic heterocycles. The van der Waals surface area contributed by atoms with E-state index in [0.717, 1.165) is 19.4 Å². The van der Waals surface area contributed by atoms with Crippen molar-refractivity contribution in [2.24, 2.45) is 0 Å². The molecule has 1 aromatic rings. The van der Waals surface area contributed by atoms with Gasteiger partial charge in [-0.2, -0.15) is 0 Å². The van der Waals surface area contributed by atoms with Crippen molar-refractivity contribution < 1.29 is 8.78 Å². The lowest BCUT2D eigenvalue weighted by Crippen LogP contribution is -2.43. The third-order valence-corrected chi connectivity index (χ3v) is 3.28. The number of rotatable bonds is 3. The van der Waals surface area contributed by atoms with Crippen LogP contribution in [0.4, 0.5) is 8.78 Å². The Hall–Kier alpha value is -0.960. The van der Waals surface area contributed by atoms with Crippen molar-refractivity contribution in [1.82, 2.24) is 5.32 Å². The second kappa shape index (κ2) is 4.50. The zero-order chi connectivity index (χ0) is 11.6. The standard InChI is InChI=1S/C13H17F2N/c1-13(15,12-7-4-8-16-12)9-10-5-2-3-6-11(10)14/h2-3,5-6,12,16H,4,7-9H2,1H3. The van der Waals surface area contributed by atoms with Crippen molar-refractivity contribution in [3.8, 4) is 0 Å². The maximum atomic E-state index is 14.4. The maximum Gasteiger partial charge on any atom is 0.127 e. The van der Waals surface area contributed by atoms with Crippen LogP contribution in [-0.2, 0) is 6.42 Å². The molecule has 0 radical (unpaired) electrons. The van der Waals surface area contributed by atoms with Crippen molar-refractivity contribution in [1.29, 1.82) is 0 Å². The van der Waals surface area contributed by atoms with E-state index in [-0.39, 0.29) is 18.3 Å². The van der Waals surface area contributed by atoms with Crippen LogP contribution in [0.15, 0.2) is 24.3 Å². The quantitative estimate of drug-likeness (QED) is 0.834. The third kappa shape index (κ3) is 2.40. The monoisotopic (exact) mass is 225 g/mol. The molecule has 2 unspecified atom stereocenters. The van der Waals surface area contributed by atoms with Gasteiger partial charge in [0.2, 0.25) is 0 Å². The van der Waals surface area contributed by atoms with E-state index in [2.05, 4.69) is 5.32 Å². The van der Waals surface area contributed by atoms with Crippen LogP contribution in [-0.4, -0.2) is 18.3 Å². The fourth-order valence-electron chi connectivity index (χ4n) is 2.34. The second-order valence-electron chi connectivity index (χ2n) is 4.70. The molecule has 2 rings (SSSR count). The van der Waals surface area contributed by atoms with Crippen LogP contribution >= 0.6 is 0 Å². The van der Waals surface area contributed by atoms with Gasteiger partial charge in [-0.3, -0.25) is 0 Å². The fourth-order valence-corrected chi connectivity index (χ4v) is 2.34. The topological polar surface area (TPSA) is 12.0 Å². The largest absolute Gasteiger partial charge is 0.311 e. The highest BCUT2D eigenvalue weighted by Crippen LogP contribution is 2.27. The molecular weight excluding hydrogens is 208 g/mol.